The standard InChI is InChI=1S/C21H25ClO3/c1-5-15-10-11-18(22)12-17(15)14-24-19-9-7-6-8-16(19)13-20(23)25-21(2,3)4/h6-12H,5,13-14H2,1-4H3. The summed E-state index contributed by atoms with van der Waals surface area (Å²) in [4.78, 5) is 12.1. The largest absolute Gasteiger partial charge is 0.489 e. The summed E-state index contributed by atoms with van der Waals surface area (Å²) in [5.74, 6) is 0.427. The van der Waals surface area contributed by atoms with Crippen LogP contribution >= 0.6 is 11.6 Å². The third kappa shape index (κ3) is 6.09. The predicted octanol–water partition coefficient (Wildman–Crippen LogP) is 5.37. The Morgan fingerprint density at radius 2 is 1.76 bits per heavy atom. The molecule has 0 radical (unpaired) electrons. The van der Waals surface area contributed by atoms with Crippen molar-refractivity contribution in [2.45, 2.75) is 52.7 Å². The molecule has 3 nitrogen and oxygen atoms in total. The molecule has 2 rings (SSSR count). The van der Waals surface area contributed by atoms with E-state index in [4.69, 9.17) is 21.1 Å². The van der Waals surface area contributed by atoms with Crippen LogP contribution in [0, 0.1) is 0 Å². The van der Waals surface area contributed by atoms with Crippen molar-refractivity contribution in [2.75, 3.05) is 0 Å². The van der Waals surface area contributed by atoms with E-state index in [2.05, 4.69) is 6.92 Å². The zero-order valence-electron chi connectivity index (χ0n) is 15.3. The Hall–Kier alpha value is -2.00. The number of halogens is 1. The molecule has 4 heteroatoms. The SMILES string of the molecule is CCc1ccc(Cl)cc1COc1ccccc1CC(=O)OC(C)(C)C. The molecule has 2 aromatic rings. The first-order valence-electron chi connectivity index (χ1n) is 8.48. The first kappa shape index (κ1) is 19.3. The highest BCUT2D eigenvalue weighted by atomic mass is 35.5. The molecular weight excluding hydrogens is 336 g/mol. The number of carbonyl (C=O) groups excluding carboxylic acids is 1. The van der Waals surface area contributed by atoms with Crippen molar-refractivity contribution in [2.24, 2.45) is 0 Å². The molecule has 0 aliphatic carbocycles. The monoisotopic (exact) mass is 360 g/mol. The minimum absolute atomic E-state index is 0.184. The van der Waals surface area contributed by atoms with Crippen molar-refractivity contribution >= 4 is 17.6 Å². The van der Waals surface area contributed by atoms with Crippen molar-refractivity contribution in [1.29, 1.82) is 0 Å². The van der Waals surface area contributed by atoms with Crippen LogP contribution in [-0.4, -0.2) is 11.6 Å². The first-order chi connectivity index (χ1) is 11.8. The molecule has 0 aliphatic heterocycles. The van der Waals surface area contributed by atoms with E-state index in [0.717, 1.165) is 17.5 Å². The summed E-state index contributed by atoms with van der Waals surface area (Å²) in [5.41, 5.74) is 2.58. The maximum absolute atomic E-state index is 12.1. The Labute approximate surface area is 154 Å². The molecule has 0 unspecified atom stereocenters. The van der Waals surface area contributed by atoms with Crippen LogP contribution < -0.4 is 4.74 Å². The van der Waals surface area contributed by atoms with Crippen LogP contribution in [0.4, 0.5) is 0 Å². The molecule has 0 spiro atoms. The maximum Gasteiger partial charge on any atom is 0.310 e. The van der Waals surface area contributed by atoms with Crippen molar-refractivity contribution in [3.63, 3.8) is 0 Å². The van der Waals surface area contributed by atoms with Gasteiger partial charge in [-0.25, -0.2) is 0 Å². The fourth-order valence-corrected chi connectivity index (χ4v) is 2.75. The molecule has 0 amide bonds. The van der Waals surface area contributed by atoms with Gasteiger partial charge in [-0.05, 0) is 56.5 Å². The number of esters is 1. The van der Waals surface area contributed by atoms with E-state index in [0.29, 0.717) is 17.4 Å². The van der Waals surface area contributed by atoms with Crippen molar-refractivity contribution < 1.29 is 14.3 Å². The van der Waals surface area contributed by atoms with Crippen LogP contribution in [0.5, 0.6) is 5.75 Å². The second-order valence-electron chi connectivity index (χ2n) is 6.93. The molecule has 0 aliphatic rings. The van der Waals surface area contributed by atoms with E-state index < -0.39 is 5.60 Å². The number of aryl methyl sites for hydroxylation is 1. The lowest BCUT2D eigenvalue weighted by Crippen LogP contribution is -2.25. The summed E-state index contributed by atoms with van der Waals surface area (Å²) in [6, 6.07) is 13.4. The molecule has 134 valence electrons. The number of hydrogen-bond donors (Lipinski definition) is 0. The Bertz CT molecular complexity index is 732. The van der Waals surface area contributed by atoms with Gasteiger partial charge in [0.15, 0.2) is 0 Å². The third-order valence-corrected chi connectivity index (χ3v) is 3.89. The van der Waals surface area contributed by atoms with E-state index in [1.807, 2.05) is 63.2 Å². The van der Waals surface area contributed by atoms with Gasteiger partial charge in [0.1, 0.15) is 18.0 Å². The molecule has 0 heterocycles. The molecule has 0 aromatic heterocycles. The molecule has 0 bridgehead atoms. The van der Waals surface area contributed by atoms with E-state index in [1.54, 1.807) is 0 Å². The predicted molar refractivity (Wildman–Crippen MR) is 101 cm³/mol. The summed E-state index contributed by atoms with van der Waals surface area (Å²) in [7, 11) is 0. The molecular formula is C21H25ClO3. The van der Waals surface area contributed by atoms with Gasteiger partial charge in [0.2, 0.25) is 0 Å². The van der Waals surface area contributed by atoms with Gasteiger partial charge in [0, 0.05) is 10.6 Å². The summed E-state index contributed by atoms with van der Waals surface area (Å²) >= 11 is 6.10. The highest BCUT2D eigenvalue weighted by Gasteiger charge is 2.18. The van der Waals surface area contributed by atoms with E-state index >= 15 is 0 Å². The fourth-order valence-electron chi connectivity index (χ4n) is 2.55. The zero-order valence-corrected chi connectivity index (χ0v) is 16.0. The minimum atomic E-state index is -0.496. The highest BCUT2D eigenvalue weighted by Crippen LogP contribution is 2.23. The minimum Gasteiger partial charge on any atom is -0.489 e. The van der Waals surface area contributed by atoms with Crippen molar-refractivity contribution in [3.05, 3.63) is 64.2 Å². The maximum atomic E-state index is 12.1. The Morgan fingerprint density at radius 3 is 2.44 bits per heavy atom. The number of rotatable bonds is 6. The van der Waals surface area contributed by atoms with Crippen LogP contribution in [0.1, 0.15) is 44.4 Å². The van der Waals surface area contributed by atoms with Gasteiger partial charge >= 0.3 is 5.97 Å². The average molecular weight is 361 g/mol. The van der Waals surface area contributed by atoms with Gasteiger partial charge in [0.25, 0.3) is 0 Å². The van der Waals surface area contributed by atoms with Gasteiger partial charge < -0.3 is 9.47 Å². The van der Waals surface area contributed by atoms with Crippen LogP contribution in [0.2, 0.25) is 5.02 Å². The van der Waals surface area contributed by atoms with Crippen LogP contribution in [0.15, 0.2) is 42.5 Å². The zero-order chi connectivity index (χ0) is 18.4. The lowest BCUT2D eigenvalue weighted by molar-refractivity contribution is -0.153. The second-order valence-corrected chi connectivity index (χ2v) is 7.36. The Kier molecular flexibility index (Phi) is 6.49. The van der Waals surface area contributed by atoms with Crippen molar-refractivity contribution in [3.8, 4) is 5.75 Å². The van der Waals surface area contributed by atoms with Gasteiger partial charge in [-0.15, -0.1) is 0 Å². The number of hydrogen-bond acceptors (Lipinski definition) is 3. The lowest BCUT2D eigenvalue weighted by Gasteiger charge is -2.20. The molecule has 25 heavy (non-hydrogen) atoms. The van der Waals surface area contributed by atoms with Gasteiger partial charge in [-0.2, -0.15) is 0 Å². The summed E-state index contributed by atoms with van der Waals surface area (Å²) < 4.78 is 11.4. The molecule has 0 atom stereocenters. The Morgan fingerprint density at radius 1 is 1.04 bits per heavy atom. The van der Waals surface area contributed by atoms with E-state index in [-0.39, 0.29) is 12.4 Å². The summed E-state index contributed by atoms with van der Waals surface area (Å²) in [6.07, 6.45) is 1.10. The van der Waals surface area contributed by atoms with E-state index in [1.165, 1.54) is 5.56 Å². The fraction of sp³-hybridized carbons (Fsp3) is 0.381. The van der Waals surface area contributed by atoms with Gasteiger partial charge in [0.05, 0.1) is 6.42 Å². The van der Waals surface area contributed by atoms with Crippen LogP contribution in [-0.2, 0) is 29.0 Å². The Balaban J connectivity index is 2.11. The molecule has 0 N–H and O–H groups in total. The van der Waals surface area contributed by atoms with E-state index in [9.17, 15) is 4.79 Å². The quantitative estimate of drug-likeness (QED) is 0.650. The number of para-hydroxylation sites is 1. The van der Waals surface area contributed by atoms with Crippen LogP contribution in [0.25, 0.3) is 0 Å². The first-order valence-corrected chi connectivity index (χ1v) is 8.86. The lowest BCUT2D eigenvalue weighted by atomic mass is 10.1. The highest BCUT2D eigenvalue weighted by molar-refractivity contribution is 6.30. The number of benzene rings is 2. The topological polar surface area (TPSA) is 35.5 Å². The number of carbonyl (C=O) groups is 1. The third-order valence-electron chi connectivity index (χ3n) is 3.66. The molecule has 0 saturated carbocycles. The summed E-state index contributed by atoms with van der Waals surface area (Å²) in [5, 5.41) is 0.692. The molecule has 2 aromatic carbocycles. The second kappa shape index (κ2) is 8.39. The number of ether oxygens (including phenoxy) is 2. The van der Waals surface area contributed by atoms with Crippen molar-refractivity contribution in [1.82, 2.24) is 0 Å². The molecule has 0 fully saturated rings. The summed E-state index contributed by atoms with van der Waals surface area (Å²) in [6.45, 7) is 8.09. The van der Waals surface area contributed by atoms with Gasteiger partial charge in [-0.3, -0.25) is 4.79 Å². The van der Waals surface area contributed by atoms with Gasteiger partial charge in [-0.1, -0.05) is 42.8 Å². The smallest absolute Gasteiger partial charge is 0.310 e. The molecule has 0 saturated heterocycles. The normalized spacial score (nSPS) is 11.2. The average Bonchev–Trinajstić information content (AvgIpc) is 2.52. The van der Waals surface area contributed by atoms with Crippen LogP contribution in [0.3, 0.4) is 0 Å².